The zero-order chi connectivity index (χ0) is 28.4. The minimum atomic E-state index is -2.97. The van der Waals surface area contributed by atoms with E-state index in [1.54, 1.807) is 19.2 Å². The summed E-state index contributed by atoms with van der Waals surface area (Å²) in [4.78, 5) is 20.0. The van der Waals surface area contributed by atoms with E-state index >= 15 is 4.39 Å². The van der Waals surface area contributed by atoms with Gasteiger partial charge < -0.3 is 20.7 Å². The van der Waals surface area contributed by atoms with E-state index in [0.29, 0.717) is 24.6 Å². The molecule has 1 amide bonds. The number of primary amides is 1. The molecule has 5 rings (SSSR count). The molecule has 214 valence electrons. The Kier molecular flexibility index (Phi) is 8.41. The summed E-state index contributed by atoms with van der Waals surface area (Å²) in [6.07, 6.45) is 2.04. The number of anilines is 1. The van der Waals surface area contributed by atoms with Gasteiger partial charge in [0.15, 0.2) is 0 Å². The van der Waals surface area contributed by atoms with Crippen LogP contribution in [-0.2, 0) is 4.74 Å². The molecular formula is C29H35F3N6O2. The number of benzene rings is 1. The lowest BCUT2D eigenvalue weighted by Crippen LogP contribution is -2.37. The number of hydrogen-bond donors (Lipinski definition) is 2. The smallest absolute Gasteiger partial charge is 0.266 e. The Hall–Kier alpha value is -3.44. The lowest BCUT2D eigenvalue weighted by molar-refractivity contribution is 0.0667. The maximum atomic E-state index is 15.3. The Morgan fingerprint density at radius 3 is 2.50 bits per heavy atom. The normalized spacial score (nSPS) is 18.2. The quantitative estimate of drug-likeness (QED) is 0.399. The molecule has 1 aromatic carbocycles. The molecule has 1 unspecified atom stereocenters. The van der Waals surface area contributed by atoms with Gasteiger partial charge >= 0.3 is 0 Å². The van der Waals surface area contributed by atoms with Gasteiger partial charge in [-0.15, -0.1) is 0 Å². The van der Waals surface area contributed by atoms with Gasteiger partial charge in [-0.25, -0.2) is 18.2 Å². The van der Waals surface area contributed by atoms with Crippen LogP contribution in [-0.4, -0.2) is 65.0 Å². The second-order valence-corrected chi connectivity index (χ2v) is 10.7. The molecule has 11 heteroatoms. The molecule has 2 aliphatic heterocycles. The highest BCUT2D eigenvalue weighted by Crippen LogP contribution is 2.37. The van der Waals surface area contributed by atoms with Crippen molar-refractivity contribution in [3.8, 4) is 11.4 Å². The predicted molar refractivity (Wildman–Crippen MR) is 146 cm³/mol. The van der Waals surface area contributed by atoms with Crippen molar-refractivity contribution in [1.82, 2.24) is 19.7 Å². The minimum Gasteiger partial charge on any atom is -0.381 e. The van der Waals surface area contributed by atoms with Crippen molar-refractivity contribution in [2.75, 3.05) is 38.7 Å². The number of rotatable bonds is 8. The van der Waals surface area contributed by atoms with Crippen LogP contribution in [0.5, 0.6) is 0 Å². The van der Waals surface area contributed by atoms with Crippen LogP contribution in [0.25, 0.3) is 11.4 Å². The number of amides is 1. The van der Waals surface area contributed by atoms with E-state index < -0.39 is 29.6 Å². The third-order valence-corrected chi connectivity index (χ3v) is 8.01. The summed E-state index contributed by atoms with van der Waals surface area (Å²) >= 11 is 0. The highest BCUT2D eigenvalue weighted by atomic mass is 19.3. The number of nitrogens with zero attached hydrogens (tertiary/aromatic N) is 4. The molecule has 2 fully saturated rings. The summed E-state index contributed by atoms with van der Waals surface area (Å²) in [6.45, 7) is 4.70. The molecular weight excluding hydrogens is 521 g/mol. The standard InChI is InChI=1S/C29H35F3N6O2/c1-17(20-4-3-5-21(26(20)30)28(31)32)27-25(29(33)39)23(35-18-7-12-37(2)13-8-18)16-22(36-27)24-6-11-34-38(24)19-9-14-40-15-10-19/h3-6,11,16-19,28H,7-10,12-15H2,1-2H3,(H2,33,39)(H,35,36). The zero-order valence-electron chi connectivity index (χ0n) is 22.7. The molecule has 0 aliphatic carbocycles. The summed E-state index contributed by atoms with van der Waals surface area (Å²) in [5, 5.41) is 8.08. The molecule has 8 nitrogen and oxygen atoms in total. The first kappa shape index (κ1) is 28.1. The highest BCUT2D eigenvalue weighted by Gasteiger charge is 2.29. The molecule has 0 saturated carbocycles. The number of likely N-dealkylation sites (tertiary alicyclic amines) is 1. The zero-order valence-corrected chi connectivity index (χ0v) is 22.7. The number of hydrogen-bond acceptors (Lipinski definition) is 6. The molecule has 1 atom stereocenters. The van der Waals surface area contributed by atoms with Crippen LogP contribution in [0, 0.1) is 5.82 Å². The first-order chi connectivity index (χ1) is 19.2. The van der Waals surface area contributed by atoms with E-state index in [0.717, 1.165) is 50.5 Å². The van der Waals surface area contributed by atoms with E-state index in [9.17, 15) is 13.6 Å². The van der Waals surface area contributed by atoms with Crippen LogP contribution in [0.3, 0.4) is 0 Å². The van der Waals surface area contributed by atoms with Gasteiger partial charge in [-0.05, 0) is 63.5 Å². The van der Waals surface area contributed by atoms with Gasteiger partial charge in [0.2, 0.25) is 0 Å². The fourth-order valence-corrected chi connectivity index (χ4v) is 5.71. The van der Waals surface area contributed by atoms with Crippen LogP contribution in [0.1, 0.15) is 78.2 Å². The third-order valence-electron chi connectivity index (χ3n) is 8.01. The van der Waals surface area contributed by atoms with Crippen molar-refractivity contribution >= 4 is 11.6 Å². The van der Waals surface area contributed by atoms with Gasteiger partial charge in [-0.2, -0.15) is 5.10 Å². The summed E-state index contributed by atoms with van der Waals surface area (Å²) < 4.78 is 49.8. The number of piperidine rings is 1. The van der Waals surface area contributed by atoms with Gasteiger partial charge in [0.25, 0.3) is 12.3 Å². The molecule has 3 N–H and O–H groups in total. The number of pyridine rings is 1. The molecule has 2 saturated heterocycles. The van der Waals surface area contributed by atoms with Crippen molar-refractivity contribution < 1.29 is 22.7 Å². The molecule has 2 aliphatic rings. The number of halogens is 3. The minimum absolute atomic E-state index is 0.0214. The maximum Gasteiger partial charge on any atom is 0.266 e. The Morgan fingerprint density at radius 1 is 1.12 bits per heavy atom. The first-order valence-corrected chi connectivity index (χ1v) is 13.7. The van der Waals surface area contributed by atoms with Crippen LogP contribution in [0.4, 0.5) is 18.9 Å². The fraction of sp³-hybridized carbons (Fsp3) is 0.483. The van der Waals surface area contributed by atoms with Crippen LogP contribution < -0.4 is 11.1 Å². The van der Waals surface area contributed by atoms with Crippen molar-refractivity contribution in [3.63, 3.8) is 0 Å². The first-order valence-electron chi connectivity index (χ1n) is 13.7. The Morgan fingerprint density at radius 2 is 1.82 bits per heavy atom. The topological polar surface area (TPSA) is 98.3 Å². The molecule has 0 radical (unpaired) electrons. The maximum absolute atomic E-state index is 15.3. The van der Waals surface area contributed by atoms with Crippen LogP contribution in [0.2, 0.25) is 0 Å². The Labute approximate surface area is 231 Å². The number of alkyl halides is 2. The van der Waals surface area contributed by atoms with Crippen molar-refractivity contribution in [2.24, 2.45) is 5.73 Å². The third kappa shape index (κ3) is 5.71. The number of carbonyl (C=O) groups excluding carboxylic acids is 1. The van der Waals surface area contributed by atoms with Gasteiger partial charge in [0, 0.05) is 31.4 Å². The number of ether oxygens (including phenoxy) is 1. The lowest BCUT2D eigenvalue weighted by atomic mass is 9.90. The fourth-order valence-electron chi connectivity index (χ4n) is 5.71. The largest absolute Gasteiger partial charge is 0.381 e. The average Bonchev–Trinajstić information content (AvgIpc) is 3.44. The number of carbonyl (C=O) groups is 1. The van der Waals surface area contributed by atoms with E-state index in [4.69, 9.17) is 15.5 Å². The predicted octanol–water partition coefficient (Wildman–Crippen LogP) is 5.13. The summed E-state index contributed by atoms with van der Waals surface area (Å²) in [5.41, 5.74) is 7.39. The van der Waals surface area contributed by atoms with Gasteiger partial charge in [-0.1, -0.05) is 25.1 Å². The Balaban J connectivity index is 1.65. The van der Waals surface area contributed by atoms with Crippen molar-refractivity contribution in [3.05, 3.63) is 64.7 Å². The molecule has 3 aromatic rings. The molecule has 40 heavy (non-hydrogen) atoms. The summed E-state index contributed by atoms with van der Waals surface area (Å²) in [6, 6.07) is 7.76. The monoisotopic (exact) mass is 556 g/mol. The van der Waals surface area contributed by atoms with E-state index in [-0.39, 0.29) is 28.9 Å². The van der Waals surface area contributed by atoms with Gasteiger partial charge in [-0.3, -0.25) is 9.48 Å². The molecule has 0 spiro atoms. The van der Waals surface area contributed by atoms with Gasteiger partial charge in [0.05, 0.1) is 39.9 Å². The van der Waals surface area contributed by atoms with E-state index in [1.165, 1.54) is 12.1 Å². The molecule has 0 bridgehead atoms. The van der Waals surface area contributed by atoms with E-state index in [1.807, 2.05) is 10.7 Å². The second kappa shape index (κ2) is 12.0. The van der Waals surface area contributed by atoms with Crippen molar-refractivity contribution in [1.29, 1.82) is 0 Å². The lowest BCUT2D eigenvalue weighted by Gasteiger charge is -2.31. The van der Waals surface area contributed by atoms with Crippen LogP contribution in [0.15, 0.2) is 36.5 Å². The number of aromatic nitrogens is 3. The summed E-state index contributed by atoms with van der Waals surface area (Å²) in [5.74, 6) is -2.57. The SMILES string of the molecule is CC(c1cccc(C(F)F)c1F)c1nc(-c2ccnn2C2CCOCC2)cc(NC2CCN(C)CC2)c1C(N)=O. The average molecular weight is 557 g/mol. The second-order valence-electron chi connectivity index (χ2n) is 10.7. The van der Waals surface area contributed by atoms with Crippen LogP contribution >= 0.6 is 0 Å². The number of nitrogens with one attached hydrogen (secondary N) is 1. The highest BCUT2D eigenvalue weighted by molar-refractivity contribution is 6.00. The van der Waals surface area contributed by atoms with Crippen molar-refractivity contribution in [2.45, 2.75) is 57.0 Å². The number of nitrogens with two attached hydrogens (primary N) is 1. The summed E-state index contributed by atoms with van der Waals surface area (Å²) in [7, 11) is 2.06. The van der Waals surface area contributed by atoms with E-state index in [2.05, 4.69) is 22.4 Å². The van der Waals surface area contributed by atoms with Gasteiger partial charge in [0.1, 0.15) is 5.82 Å². The molecule has 2 aromatic heterocycles. The Bertz CT molecular complexity index is 1350. The molecule has 4 heterocycles.